The number of carbonyl (C=O) groups is 10. The van der Waals surface area contributed by atoms with Gasteiger partial charge >= 0.3 is 18.0 Å². The largest absolute Gasteiger partial charge is 0.508 e. The van der Waals surface area contributed by atoms with E-state index in [4.69, 9.17) is 5.11 Å². The van der Waals surface area contributed by atoms with Crippen molar-refractivity contribution in [3.63, 3.8) is 0 Å². The van der Waals surface area contributed by atoms with Gasteiger partial charge in [0.25, 0.3) is 0 Å². The van der Waals surface area contributed by atoms with Gasteiger partial charge in [0.2, 0.25) is 41.4 Å². The van der Waals surface area contributed by atoms with E-state index in [-0.39, 0.29) is 43.2 Å². The third kappa shape index (κ3) is 21.4. The summed E-state index contributed by atoms with van der Waals surface area (Å²) in [5.41, 5.74) is 3.13. The molecule has 1 atom stereocenters. The molecule has 0 heterocycles. The number of anilines is 4. The summed E-state index contributed by atoms with van der Waals surface area (Å²) >= 11 is 0. The van der Waals surface area contributed by atoms with Crippen LogP contribution < -0.4 is 58.5 Å². The van der Waals surface area contributed by atoms with Gasteiger partial charge in [-0.1, -0.05) is 24.3 Å². The lowest BCUT2D eigenvalue weighted by Gasteiger charge is -2.18. The van der Waals surface area contributed by atoms with Gasteiger partial charge in [0.1, 0.15) is 24.1 Å². The molecule has 0 bridgehead atoms. The van der Waals surface area contributed by atoms with E-state index in [1.54, 1.807) is 48.5 Å². The van der Waals surface area contributed by atoms with Crippen molar-refractivity contribution in [2.75, 3.05) is 60.5 Å². The standard InChI is InChI=1S/C46H53N11O13/c58-34-16-12-32(13-17-34)55-45(69)53-30-8-4-28(5-9-30)21-37(60)47-20-2-1-3-36(44(68)52-27-43(66)67)57-42(65)26-51-41(64)25-50-40(63)24-49-39(62)23-48-38(61)22-29-6-10-31(11-7-29)54-46(70)56-33-14-18-35(59)19-15-33/h4-19,36,58-59H,1-3,20-27H2,(H,47,60)(H,48,61)(H,49,62)(H,50,63)(H,51,64)(H,52,68)(H,57,65)(H,66,67)(H2,53,55,69)(H2,54,56,70)/t36-/m0/s1. The number of nitrogens with one attached hydrogen (secondary N) is 11. The number of hydrogen-bond donors (Lipinski definition) is 14. The van der Waals surface area contributed by atoms with Crippen molar-refractivity contribution in [3.05, 3.63) is 108 Å². The molecule has 70 heavy (non-hydrogen) atoms. The third-order valence-corrected chi connectivity index (χ3v) is 9.50. The van der Waals surface area contributed by atoms with Crippen molar-refractivity contribution < 1.29 is 63.3 Å². The molecule has 24 heteroatoms. The molecule has 4 rings (SSSR count). The molecule has 0 aliphatic carbocycles. The fourth-order valence-electron chi connectivity index (χ4n) is 5.99. The first-order valence-electron chi connectivity index (χ1n) is 21.5. The van der Waals surface area contributed by atoms with Crippen molar-refractivity contribution >= 4 is 82.1 Å². The maximum absolute atomic E-state index is 12.7. The summed E-state index contributed by atoms with van der Waals surface area (Å²) in [4.78, 5) is 122. The van der Waals surface area contributed by atoms with Crippen LogP contribution in [0.4, 0.5) is 32.3 Å². The number of aliphatic carboxylic acids is 1. The van der Waals surface area contributed by atoms with Crippen molar-refractivity contribution in [1.82, 2.24) is 37.2 Å². The molecule has 0 unspecified atom stereocenters. The summed E-state index contributed by atoms with van der Waals surface area (Å²) in [5.74, 6) is -5.80. The van der Waals surface area contributed by atoms with Gasteiger partial charge in [-0.2, -0.15) is 0 Å². The van der Waals surface area contributed by atoms with Gasteiger partial charge in [0.15, 0.2) is 0 Å². The van der Waals surface area contributed by atoms with E-state index in [0.717, 1.165) is 0 Å². The van der Waals surface area contributed by atoms with Crippen molar-refractivity contribution in [2.45, 2.75) is 38.1 Å². The molecule has 0 radical (unpaired) electrons. The monoisotopic (exact) mass is 967 g/mol. The summed E-state index contributed by atoms with van der Waals surface area (Å²) in [6.45, 7) is -2.65. The topological polar surface area (TPSA) is 364 Å². The molecular weight excluding hydrogens is 915 g/mol. The number of phenols is 2. The Balaban J connectivity index is 1.06. The Bertz CT molecular complexity index is 2470. The van der Waals surface area contributed by atoms with Gasteiger partial charge in [-0.05, 0) is 103 Å². The minimum atomic E-state index is -1.31. The predicted molar refractivity (Wildman–Crippen MR) is 253 cm³/mol. The molecule has 0 aliphatic rings. The lowest BCUT2D eigenvalue weighted by molar-refractivity contribution is -0.138. The molecule has 14 N–H and O–H groups in total. The highest BCUT2D eigenvalue weighted by Gasteiger charge is 2.21. The average molecular weight is 968 g/mol. The third-order valence-electron chi connectivity index (χ3n) is 9.50. The Morgan fingerprint density at radius 3 is 1.16 bits per heavy atom. The first-order chi connectivity index (χ1) is 33.5. The fourth-order valence-corrected chi connectivity index (χ4v) is 5.99. The highest BCUT2D eigenvalue weighted by molar-refractivity contribution is 6.00. The number of rotatable bonds is 25. The number of benzene rings is 4. The minimum absolute atomic E-state index is 0.0405. The summed E-state index contributed by atoms with van der Waals surface area (Å²) in [7, 11) is 0. The second kappa shape index (κ2) is 28.1. The Kier molecular flexibility index (Phi) is 21.4. The molecular formula is C46H53N11O13. The molecule has 370 valence electrons. The van der Waals surface area contributed by atoms with E-state index in [1.165, 1.54) is 48.5 Å². The molecule has 0 aliphatic heterocycles. The Labute approximate surface area is 400 Å². The smallest absolute Gasteiger partial charge is 0.323 e. The maximum Gasteiger partial charge on any atom is 0.323 e. The quantitative estimate of drug-likeness (QED) is 0.0320. The van der Waals surface area contributed by atoms with Crippen LogP contribution in [-0.4, -0.2) is 120 Å². The van der Waals surface area contributed by atoms with Gasteiger partial charge in [0.05, 0.1) is 39.0 Å². The van der Waals surface area contributed by atoms with Gasteiger partial charge in [-0.3, -0.25) is 38.4 Å². The lowest BCUT2D eigenvalue weighted by Crippen LogP contribution is -2.51. The molecule has 0 saturated heterocycles. The zero-order valence-corrected chi connectivity index (χ0v) is 37.5. The summed E-state index contributed by atoms with van der Waals surface area (Å²) in [5, 5.41) is 54.9. The number of carboxylic acid groups (broad SMARTS) is 1. The lowest BCUT2D eigenvalue weighted by atomic mass is 10.1. The Morgan fingerprint density at radius 1 is 0.400 bits per heavy atom. The highest BCUT2D eigenvalue weighted by Crippen LogP contribution is 2.17. The first-order valence-corrected chi connectivity index (χ1v) is 21.5. The second-order valence-electron chi connectivity index (χ2n) is 15.2. The van der Waals surface area contributed by atoms with Crippen LogP contribution in [0.1, 0.15) is 30.4 Å². The molecule has 11 amide bonds. The first kappa shape index (κ1) is 53.4. The molecule has 24 nitrogen and oxygen atoms in total. The average Bonchev–Trinajstić information content (AvgIpc) is 3.32. The van der Waals surface area contributed by atoms with Crippen molar-refractivity contribution in [3.8, 4) is 11.5 Å². The number of unbranched alkanes of at least 4 members (excludes halogenated alkanes) is 1. The number of hydrogen-bond acceptors (Lipinski definition) is 12. The summed E-state index contributed by atoms with van der Waals surface area (Å²) in [6.07, 6.45) is 0.717. The van der Waals surface area contributed by atoms with Gasteiger partial charge in [0, 0.05) is 29.3 Å². The van der Waals surface area contributed by atoms with E-state index >= 15 is 0 Å². The summed E-state index contributed by atoms with van der Waals surface area (Å²) < 4.78 is 0. The normalized spacial score (nSPS) is 10.7. The van der Waals surface area contributed by atoms with Crippen molar-refractivity contribution in [2.24, 2.45) is 0 Å². The molecule has 0 saturated carbocycles. The number of urea groups is 2. The van der Waals surface area contributed by atoms with Gasteiger partial charge in [-0.25, -0.2) is 9.59 Å². The zero-order valence-electron chi connectivity index (χ0n) is 37.5. The number of amides is 11. The van der Waals surface area contributed by atoms with Crippen LogP contribution in [0, 0.1) is 0 Å². The molecule has 0 spiro atoms. The van der Waals surface area contributed by atoms with Gasteiger partial charge in [-0.15, -0.1) is 0 Å². The summed E-state index contributed by atoms with van der Waals surface area (Å²) in [6, 6.07) is 22.6. The number of aromatic hydroxyl groups is 2. The van der Waals surface area contributed by atoms with Crippen LogP contribution >= 0.6 is 0 Å². The number of carboxylic acids is 1. The van der Waals surface area contributed by atoms with E-state index < -0.39 is 92.2 Å². The van der Waals surface area contributed by atoms with Crippen molar-refractivity contribution in [1.29, 1.82) is 0 Å². The molecule has 4 aromatic carbocycles. The SMILES string of the molecule is O=C(O)CNC(=O)[C@H](CCCCNC(=O)Cc1ccc(NC(=O)Nc2ccc(O)cc2)cc1)NC(=O)CNC(=O)CNC(=O)CNC(=O)CNC(=O)Cc1ccc(NC(=O)Nc2ccc(O)cc2)cc1. The predicted octanol–water partition coefficient (Wildman–Crippen LogP) is 0.608. The maximum atomic E-state index is 12.7. The van der Waals surface area contributed by atoms with Crippen LogP contribution in [0.5, 0.6) is 11.5 Å². The van der Waals surface area contributed by atoms with E-state index in [0.29, 0.717) is 46.7 Å². The zero-order chi connectivity index (χ0) is 50.8. The Hall–Kier alpha value is -9.22. The van der Waals surface area contributed by atoms with E-state index in [2.05, 4.69) is 58.5 Å². The van der Waals surface area contributed by atoms with Crippen LogP contribution in [0.15, 0.2) is 97.1 Å². The number of phenolic OH excluding ortho intramolecular Hbond substituents is 2. The van der Waals surface area contributed by atoms with Gasteiger partial charge < -0.3 is 73.8 Å². The highest BCUT2D eigenvalue weighted by atomic mass is 16.4. The van der Waals surface area contributed by atoms with Crippen LogP contribution in [0.2, 0.25) is 0 Å². The Morgan fingerprint density at radius 2 is 0.757 bits per heavy atom. The molecule has 4 aromatic rings. The fraction of sp³-hybridized carbons (Fsp3) is 0.261. The second-order valence-corrected chi connectivity index (χ2v) is 15.2. The molecule has 0 fully saturated rings. The molecule has 0 aromatic heterocycles. The number of carbonyl (C=O) groups excluding carboxylic acids is 9. The van der Waals surface area contributed by atoms with E-state index in [1.807, 2.05) is 0 Å². The van der Waals surface area contributed by atoms with Crippen LogP contribution in [0.25, 0.3) is 0 Å². The van der Waals surface area contributed by atoms with Crippen LogP contribution in [-0.2, 0) is 51.2 Å². The van der Waals surface area contributed by atoms with Crippen LogP contribution in [0.3, 0.4) is 0 Å². The minimum Gasteiger partial charge on any atom is -0.508 e. The van der Waals surface area contributed by atoms with E-state index in [9.17, 15) is 58.2 Å².